The molecule has 6 nitrogen and oxygen atoms in total. The van der Waals surface area contributed by atoms with Gasteiger partial charge in [-0.2, -0.15) is 15.2 Å². The lowest BCUT2D eigenvalue weighted by molar-refractivity contribution is 0.428. The van der Waals surface area contributed by atoms with Gasteiger partial charge in [-0.05, 0) is 59.7 Å². The summed E-state index contributed by atoms with van der Waals surface area (Å²) in [5.74, 6) is -0.686. The van der Waals surface area contributed by atoms with E-state index in [1.165, 1.54) is 30.3 Å². The number of nitrogens with zero attached hydrogens (tertiary/aromatic N) is 3. The van der Waals surface area contributed by atoms with E-state index in [1.807, 2.05) is 6.07 Å². The third-order valence-electron chi connectivity index (χ3n) is 4.32. The maximum Gasteiger partial charge on any atom is 0.232 e. The molecule has 31 heavy (non-hydrogen) atoms. The molecule has 3 aromatic carbocycles. The Balaban J connectivity index is 1.54. The minimum atomic E-state index is -0.611. The molecular weight excluding hydrogens is 400 g/mol. The smallest absolute Gasteiger partial charge is 0.232 e. The molecule has 8 heteroatoms. The minimum absolute atomic E-state index is 0.0479. The Hall–Kier alpha value is -4.51. The van der Waals surface area contributed by atoms with E-state index in [0.717, 1.165) is 0 Å². The number of nitrogens with two attached hydrogens (primary N) is 1. The maximum absolute atomic E-state index is 14.6. The Bertz CT molecular complexity index is 1270. The second kappa shape index (κ2) is 8.47. The first kappa shape index (κ1) is 19.8. The highest BCUT2D eigenvalue weighted by Gasteiger charge is 2.11. The van der Waals surface area contributed by atoms with Crippen molar-refractivity contribution >= 4 is 17.5 Å². The first-order valence-electron chi connectivity index (χ1n) is 9.15. The molecule has 4 aromatic rings. The van der Waals surface area contributed by atoms with E-state index < -0.39 is 5.82 Å². The first-order valence-corrected chi connectivity index (χ1v) is 9.15. The van der Waals surface area contributed by atoms with E-state index in [4.69, 9.17) is 15.7 Å². The van der Waals surface area contributed by atoms with Gasteiger partial charge in [-0.3, -0.25) is 0 Å². The molecule has 0 aliphatic rings. The van der Waals surface area contributed by atoms with Crippen molar-refractivity contribution < 1.29 is 13.5 Å². The number of nitrogen functional groups attached to an aromatic ring is 1. The van der Waals surface area contributed by atoms with Crippen LogP contribution < -0.4 is 15.8 Å². The van der Waals surface area contributed by atoms with Gasteiger partial charge < -0.3 is 15.8 Å². The molecule has 152 valence electrons. The molecule has 1 heterocycles. The summed E-state index contributed by atoms with van der Waals surface area (Å²) in [5.41, 5.74) is 8.24. The van der Waals surface area contributed by atoms with Crippen molar-refractivity contribution in [3.8, 4) is 28.8 Å². The highest BCUT2D eigenvalue weighted by atomic mass is 19.1. The average molecular weight is 415 g/mol. The highest BCUT2D eigenvalue weighted by Crippen LogP contribution is 2.29. The van der Waals surface area contributed by atoms with Gasteiger partial charge in [0.2, 0.25) is 11.8 Å². The maximum atomic E-state index is 14.6. The number of halogens is 2. The van der Waals surface area contributed by atoms with Gasteiger partial charge in [0.15, 0.2) is 11.6 Å². The van der Waals surface area contributed by atoms with E-state index in [1.54, 1.807) is 42.5 Å². The second-order valence-corrected chi connectivity index (χ2v) is 6.52. The molecule has 0 unspecified atom stereocenters. The monoisotopic (exact) mass is 415 g/mol. The van der Waals surface area contributed by atoms with E-state index in [2.05, 4.69) is 15.3 Å². The Labute approximate surface area is 176 Å². The zero-order valence-electron chi connectivity index (χ0n) is 16.0. The summed E-state index contributed by atoms with van der Waals surface area (Å²) in [6.45, 7) is 0. The molecule has 0 amide bonds. The third kappa shape index (κ3) is 4.74. The number of aromatic nitrogens is 2. The molecule has 0 aliphatic heterocycles. The van der Waals surface area contributed by atoms with Crippen LogP contribution in [-0.2, 0) is 0 Å². The minimum Gasteiger partial charge on any atom is -0.436 e. The van der Waals surface area contributed by atoms with Crippen LogP contribution in [-0.4, -0.2) is 9.97 Å². The third-order valence-corrected chi connectivity index (χ3v) is 4.32. The molecule has 0 spiro atoms. The summed E-state index contributed by atoms with van der Waals surface area (Å²) in [7, 11) is 0. The molecule has 0 saturated carbocycles. The van der Waals surface area contributed by atoms with Crippen molar-refractivity contribution in [2.75, 3.05) is 11.1 Å². The molecule has 0 saturated heterocycles. The molecule has 3 N–H and O–H groups in total. The lowest BCUT2D eigenvalue weighted by Crippen LogP contribution is -2.02. The quantitative estimate of drug-likeness (QED) is 0.452. The SMILES string of the molecule is N#Cc1ccc(Nc2nc(N)cc(Oc3ccc(-c4ccc(F)cc4)cc3F)n2)cc1. The highest BCUT2D eigenvalue weighted by molar-refractivity contribution is 5.64. The number of anilines is 3. The molecule has 0 aliphatic carbocycles. The molecule has 0 bridgehead atoms. The van der Waals surface area contributed by atoms with Gasteiger partial charge in [-0.25, -0.2) is 8.78 Å². The fourth-order valence-corrected chi connectivity index (χ4v) is 2.83. The van der Waals surface area contributed by atoms with Gasteiger partial charge in [0, 0.05) is 11.8 Å². The van der Waals surface area contributed by atoms with E-state index in [0.29, 0.717) is 22.4 Å². The second-order valence-electron chi connectivity index (χ2n) is 6.52. The van der Waals surface area contributed by atoms with Gasteiger partial charge in [-0.15, -0.1) is 0 Å². The van der Waals surface area contributed by atoms with Gasteiger partial charge in [0.1, 0.15) is 11.6 Å². The van der Waals surface area contributed by atoms with E-state index in [-0.39, 0.29) is 29.2 Å². The molecule has 1 aromatic heterocycles. The normalized spacial score (nSPS) is 10.4. The van der Waals surface area contributed by atoms with Crippen LogP contribution in [0.1, 0.15) is 5.56 Å². The summed E-state index contributed by atoms with van der Waals surface area (Å²) in [5, 5.41) is 11.8. The van der Waals surface area contributed by atoms with Crippen LogP contribution in [0.3, 0.4) is 0 Å². The fraction of sp³-hybridized carbons (Fsp3) is 0. The van der Waals surface area contributed by atoms with Crippen molar-refractivity contribution in [2.45, 2.75) is 0 Å². The Morgan fingerprint density at radius 1 is 0.871 bits per heavy atom. The summed E-state index contributed by atoms with van der Waals surface area (Å²) < 4.78 is 33.3. The number of nitrogens with one attached hydrogen (secondary N) is 1. The van der Waals surface area contributed by atoms with Crippen LogP contribution in [0.5, 0.6) is 11.6 Å². The predicted molar refractivity (Wildman–Crippen MR) is 113 cm³/mol. The van der Waals surface area contributed by atoms with Crippen molar-refractivity contribution in [1.82, 2.24) is 9.97 Å². The summed E-state index contributed by atoms with van der Waals surface area (Å²) in [6.07, 6.45) is 0. The van der Waals surface area contributed by atoms with Gasteiger partial charge in [0.25, 0.3) is 0 Å². The summed E-state index contributed by atoms with van der Waals surface area (Å²) in [6, 6.07) is 20.2. The number of ether oxygens (including phenoxy) is 1. The molecule has 0 radical (unpaired) electrons. The fourth-order valence-electron chi connectivity index (χ4n) is 2.83. The molecular formula is C23H15F2N5O. The van der Waals surface area contributed by atoms with Crippen LogP contribution >= 0.6 is 0 Å². The summed E-state index contributed by atoms with van der Waals surface area (Å²) in [4.78, 5) is 8.28. The number of rotatable bonds is 5. The number of nitriles is 1. The summed E-state index contributed by atoms with van der Waals surface area (Å²) >= 11 is 0. The van der Waals surface area contributed by atoms with Crippen LogP contribution in [0.25, 0.3) is 11.1 Å². The molecule has 0 fully saturated rings. The van der Waals surface area contributed by atoms with Gasteiger partial charge in [0.05, 0.1) is 11.6 Å². The van der Waals surface area contributed by atoms with Crippen LogP contribution in [0.15, 0.2) is 72.8 Å². The Kier molecular flexibility index (Phi) is 5.41. The molecule has 4 rings (SSSR count). The zero-order valence-corrected chi connectivity index (χ0v) is 16.0. The lowest BCUT2D eigenvalue weighted by atomic mass is 10.1. The Morgan fingerprint density at radius 3 is 2.26 bits per heavy atom. The Morgan fingerprint density at radius 2 is 1.58 bits per heavy atom. The van der Waals surface area contributed by atoms with E-state index in [9.17, 15) is 8.78 Å². The standard InChI is InChI=1S/C23H15F2N5O/c24-17-6-3-15(4-7-17)16-5-10-20(19(25)11-16)31-22-12-21(27)29-23(30-22)28-18-8-1-14(13-26)2-9-18/h1-12H,(H3,27,28,29,30). The predicted octanol–water partition coefficient (Wildman–Crippen LogP) is 5.41. The van der Waals surface area contributed by atoms with Crippen molar-refractivity contribution in [3.63, 3.8) is 0 Å². The number of benzene rings is 3. The van der Waals surface area contributed by atoms with Gasteiger partial charge >= 0.3 is 0 Å². The number of hydrogen-bond donors (Lipinski definition) is 2. The topological polar surface area (TPSA) is 96.9 Å². The van der Waals surface area contributed by atoms with Crippen molar-refractivity contribution in [1.29, 1.82) is 5.26 Å². The van der Waals surface area contributed by atoms with E-state index >= 15 is 0 Å². The van der Waals surface area contributed by atoms with Crippen LogP contribution in [0, 0.1) is 23.0 Å². The van der Waals surface area contributed by atoms with Crippen molar-refractivity contribution in [2.24, 2.45) is 0 Å². The number of hydrogen-bond acceptors (Lipinski definition) is 6. The largest absolute Gasteiger partial charge is 0.436 e. The average Bonchev–Trinajstić information content (AvgIpc) is 2.76. The first-order chi connectivity index (χ1) is 15.0. The zero-order chi connectivity index (χ0) is 21.8. The van der Waals surface area contributed by atoms with Crippen LogP contribution in [0.4, 0.5) is 26.2 Å². The van der Waals surface area contributed by atoms with Gasteiger partial charge in [-0.1, -0.05) is 18.2 Å². The van der Waals surface area contributed by atoms with Crippen molar-refractivity contribution in [3.05, 3.63) is 90.0 Å². The molecule has 0 atom stereocenters. The lowest BCUT2D eigenvalue weighted by Gasteiger charge is -2.10. The van der Waals surface area contributed by atoms with Crippen LogP contribution in [0.2, 0.25) is 0 Å².